The van der Waals surface area contributed by atoms with Crippen LogP contribution in [-0.4, -0.2) is 11.1 Å². The van der Waals surface area contributed by atoms with Crippen LogP contribution in [0.1, 0.15) is 61.4 Å². The molecule has 5 aromatic carbocycles. The van der Waals surface area contributed by atoms with Crippen molar-refractivity contribution in [2.45, 2.75) is 51.9 Å². The molecule has 5 rings (SSSR count). The fourth-order valence-corrected chi connectivity index (χ4v) is 10.1. The molecule has 44 heavy (non-hydrogen) atoms. The summed E-state index contributed by atoms with van der Waals surface area (Å²) < 4.78 is 0. The number of benzene rings is 5. The summed E-state index contributed by atoms with van der Waals surface area (Å²) in [5, 5.41) is 14.0. The molecule has 2 nitrogen and oxygen atoms in total. The second kappa shape index (κ2) is 15.3. The molecule has 0 aliphatic rings. The van der Waals surface area contributed by atoms with Gasteiger partial charge in [0.05, 0.1) is 0 Å². The number of ketones is 1. The number of hydrogen-bond acceptors (Lipinski definition) is 2. The molecule has 220 valence electrons. The van der Waals surface area contributed by atoms with E-state index in [0.717, 1.165) is 33.5 Å². The van der Waals surface area contributed by atoms with E-state index in [2.05, 4.69) is 73.7 Å². The number of Topliss-reactive ketones (excluding diaryl/α,β-unsaturated/α-hetero) is 1. The molecule has 0 spiro atoms. The first-order valence-corrected chi connectivity index (χ1v) is 17.5. The van der Waals surface area contributed by atoms with Crippen LogP contribution in [0.15, 0.2) is 140 Å². The van der Waals surface area contributed by atoms with Crippen molar-refractivity contribution in [1.29, 1.82) is 5.26 Å². The zero-order chi connectivity index (χ0) is 30.6. The van der Waals surface area contributed by atoms with Gasteiger partial charge in [0.1, 0.15) is 11.4 Å². The number of rotatable bonds is 13. The lowest BCUT2D eigenvalue weighted by atomic mass is 9.99. The molecule has 0 aliphatic heterocycles. The molecule has 0 atom stereocenters. The van der Waals surface area contributed by atoms with Gasteiger partial charge in [-0.05, 0) is 52.3 Å². The summed E-state index contributed by atoms with van der Waals surface area (Å²) in [5.41, 5.74) is 4.07. The van der Waals surface area contributed by atoms with Gasteiger partial charge in [-0.25, -0.2) is 0 Å². The Bertz CT molecular complexity index is 1630. The van der Waals surface area contributed by atoms with E-state index in [0.29, 0.717) is 5.56 Å². The van der Waals surface area contributed by atoms with Crippen molar-refractivity contribution >= 4 is 33.9 Å². The largest absolute Gasteiger partial charge is 0.288 e. The maximum Gasteiger partial charge on any atom is 0.204 e. The molecular formula is C41H40NOP. The topological polar surface area (TPSA) is 40.9 Å². The van der Waals surface area contributed by atoms with Crippen LogP contribution in [0.5, 0.6) is 0 Å². The first-order chi connectivity index (χ1) is 21.7. The fourth-order valence-electron chi connectivity index (χ4n) is 5.99. The molecular weight excluding hydrogens is 553 g/mol. The standard InChI is InChI=1S/C41H40NOP/c1-2-3-4-5-6-10-17-33-24-26-34(27-25-33)35-28-30-36(31-29-35)41(43)40(32-42)44(37-18-11-7-12-19-37,38-20-13-8-14-21-38)39-22-15-9-16-23-39/h7-9,11-16,18-31H,2-6,10,17H2,1H3. The lowest BCUT2D eigenvalue weighted by molar-refractivity contribution is 0.106. The van der Waals surface area contributed by atoms with Gasteiger partial charge < -0.3 is 0 Å². The summed E-state index contributed by atoms with van der Waals surface area (Å²) >= 11 is 0. The van der Waals surface area contributed by atoms with E-state index in [4.69, 9.17) is 0 Å². The summed E-state index contributed by atoms with van der Waals surface area (Å²) in [5.74, 6) is -0.224. The molecule has 0 heterocycles. The quantitative estimate of drug-likeness (QED) is 0.0776. The van der Waals surface area contributed by atoms with Crippen molar-refractivity contribution in [2.24, 2.45) is 0 Å². The highest BCUT2D eigenvalue weighted by Gasteiger charge is 2.33. The van der Waals surface area contributed by atoms with Gasteiger partial charge >= 0.3 is 0 Å². The summed E-state index contributed by atoms with van der Waals surface area (Å²) in [4.78, 5) is 14.4. The minimum absolute atomic E-state index is 0.224. The number of nitrogens with zero attached hydrogens (tertiary/aromatic N) is 1. The van der Waals surface area contributed by atoms with E-state index in [-0.39, 0.29) is 11.1 Å². The molecule has 0 unspecified atom stereocenters. The van der Waals surface area contributed by atoms with Gasteiger partial charge in [-0.3, -0.25) is 4.79 Å². The summed E-state index contributed by atoms with van der Waals surface area (Å²) in [6.07, 6.45) is 8.93. The average molecular weight is 594 g/mol. The Morgan fingerprint density at radius 1 is 0.568 bits per heavy atom. The Labute approximate surface area is 263 Å². The zero-order valence-electron chi connectivity index (χ0n) is 25.5. The van der Waals surface area contributed by atoms with Crippen molar-refractivity contribution in [2.75, 3.05) is 0 Å². The van der Waals surface area contributed by atoms with E-state index >= 15 is 0 Å². The molecule has 0 saturated carbocycles. The van der Waals surface area contributed by atoms with Crippen molar-refractivity contribution in [3.8, 4) is 17.2 Å². The second-order valence-corrected chi connectivity index (χ2v) is 14.6. The smallest absolute Gasteiger partial charge is 0.204 e. The highest BCUT2D eigenvalue weighted by Crippen LogP contribution is 2.46. The molecule has 0 radical (unpaired) electrons. The highest BCUT2D eigenvalue weighted by atomic mass is 31.2. The SMILES string of the molecule is CCCCCCCCc1ccc(-c2ccc(C(=O)C(C#N)=P(c3ccccc3)(c3ccccc3)c3ccccc3)cc2)cc1. The highest BCUT2D eigenvalue weighted by molar-refractivity contribution is 7.97. The van der Waals surface area contributed by atoms with Crippen LogP contribution in [0.25, 0.3) is 11.1 Å². The predicted octanol–water partition coefficient (Wildman–Crippen LogP) is 9.13. The zero-order valence-corrected chi connectivity index (χ0v) is 26.4. The van der Waals surface area contributed by atoms with Crippen LogP contribution in [0, 0.1) is 11.3 Å². The number of unbranched alkanes of at least 4 members (excludes halogenated alkanes) is 5. The van der Waals surface area contributed by atoms with Crippen molar-refractivity contribution in [3.63, 3.8) is 0 Å². The van der Waals surface area contributed by atoms with Gasteiger partial charge in [-0.2, -0.15) is 5.26 Å². The van der Waals surface area contributed by atoms with Crippen LogP contribution in [-0.2, 0) is 6.42 Å². The molecule has 3 heteroatoms. The Morgan fingerprint density at radius 2 is 1.00 bits per heavy atom. The number of carbonyl (C=O) groups is 1. The molecule has 0 aromatic heterocycles. The third-order valence-electron chi connectivity index (χ3n) is 8.34. The molecule has 0 aliphatic carbocycles. The maximum absolute atomic E-state index is 14.4. The molecule has 0 N–H and O–H groups in total. The Morgan fingerprint density at radius 3 is 1.45 bits per heavy atom. The number of hydrogen-bond donors (Lipinski definition) is 0. The van der Waals surface area contributed by atoms with Crippen molar-refractivity contribution in [3.05, 3.63) is 151 Å². The third-order valence-corrected chi connectivity index (χ3v) is 12.5. The average Bonchev–Trinajstić information content (AvgIpc) is 3.10. The van der Waals surface area contributed by atoms with Gasteiger partial charge in [0.2, 0.25) is 5.78 Å². The first-order valence-electron chi connectivity index (χ1n) is 15.8. The fraction of sp³-hybridized carbons (Fsp3) is 0.195. The third kappa shape index (κ3) is 6.86. The lowest BCUT2D eigenvalue weighted by Crippen LogP contribution is -2.33. The lowest BCUT2D eigenvalue weighted by Gasteiger charge is -2.30. The Hall–Kier alpha value is -4.44. The van der Waals surface area contributed by atoms with Gasteiger partial charge in [0.15, 0.2) is 0 Å². The number of nitriles is 1. The molecule has 0 bridgehead atoms. The van der Waals surface area contributed by atoms with Gasteiger partial charge in [-0.1, -0.05) is 179 Å². The van der Waals surface area contributed by atoms with Crippen LogP contribution in [0.2, 0.25) is 0 Å². The van der Waals surface area contributed by atoms with E-state index < -0.39 is 6.89 Å². The summed E-state index contributed by atoms with van der Waals surface area (Å²) in [6.45, 7) is -0.518. The monoisotopic (exact) mass is 593 g/mol. The molecule has 0 amide bonds. The Kier molecular flexibility index (Phi) is 10.8. The normalized spacial score (nSPS) is 11.1. The van der Waals surface area contributed by atoms with E-state index in [1.165, 1.54) is 44.1 Å². The van der Waals surface area contributed by atoms with Gasteiger partial charge in [0, 0.05) is 5.56 Å². The van der Waals surface area contributed by atoms with E-state index in [9.17, 15) is 10.1 Å². The minimum atomic E-state index is -2.77. The van der Waals surface area contributed by atoms with Crippen LogP contribution >= 0.6 is 6.89 Å². The molecule has 0 fully saturated rings. The van der Waals surface area contributed by atoms with E-state index in [1.807, 2.05) is 78.9 Å². The van der Waals surface area contributed by atoms with Crippen LogP contribution in [0.4, 0.5) is 0 Å². The van der Waals surface area contributed by atoms with Gasteiger partial charge in [-0.15, -0.1) is 0 Å². The predicted molar refractivity (Wildman–Crippen MR) is 189 cm³/mol. The second-order valence-electron chi connectivity index (χ2n) is 11.3. The van der Waals surface area contributed by atoms with Gasteiger partial charge in [0.25, 0.3) is 0 Å². The van der Waals surface area contributed by atoms with Crippen molar-refractivity contribution < 1.29 is 4.79 Å². The molecule has 5 aromatic rings. The molecule has 0 saturated heterocycles. The summed E-state index contributed by atoms with van der Waals surface area (Å²) in [7, 11) is 0. The van der Waals surface area contributed by atoms with Crippen molar-refractivity contribution in [1.82, 2.24) is 0 Å². The first kappa shape index (κ1) is 31.0. The van der Waals surface area contributed by atoms with Crippen LogP contribution < -0.4 is 15.9 Å². The maximum atomic E-state index is 14.4. The Balaban J connectivity index is 1.49. The number of carbonyl (C=O) groups excluding carboxylic acids is 1. The summed E-state index contributed by atoms with van der Waals surface area (Å²) in [6, 6.07) is 49.1. The van der Waals surface area contributed by atoms with E-state index in [1.54, 1.807) is 0 Å². The number of aryl methyl sites for hydroxylation is 1. The van der Waals surface area contributed by atoms with Crippen LogP contribution in [0.3, 0.4) is 0 Å². The minimum Gasteiger partial charge on any atom is -0.288 e.